The number of piperidine rings is 1. The van der Waals surface area contributed by atoms with Gasteiger partial charge in [0.1, 0.15) is 12.7 Å². The van der Waals surface area contributed by atoms with Crippen molar-refractivity contribution in [1.29, 1.82) is 0 Å². The number of methoxy groups -OCH3 is 1. The van der Waals surface area contributed by atoms with Gasteiger partial charge < -0.3 is 24.8 Å². The van der Waals surface area contributed by atoms with Crippen molar-refractivity contribution in [3.63, 3.8) is 0 Å². The minimum atomic E-state index is -0.556. The number of hydrogen-bond acceptors (Lipinski definition) is 5. The molecule has 0 unspecified atom stereocenters. The summed E-state index contributed by atoms with van der Waals surface area (Å²) >= 11 is 0. The number of carbonyl (C=O) groups is 2. The molecule has 7 nitrogen and oxygen atoms in total. The van der Waals surface area contributed by atoms with E-state index in [0.29, 0.717) is 0 Å². The number of rotatable bonds is 6. The molecule has 3 atom stereocenters. The molecule has 0 bridgehead atoms. The van der Waals surface area contributed by atoms with Gasteiger partial charge in [-0.25, -0.2) is 0 Å². The van der Waals surface area contributed by atoms with Gasteiger partial charge >= 0.3 is 0 Å². The van der Waals surface area contributed by atoms with Gasteiger partial charge in [-0.2, -0.15) is 0 Å². The summed E-state index contributed by atoms with van der Waals surface area (Å²) < 4.78 is 10.5. The zero-order valence-corrected chi connectivity index (χ0v) is 13.6. The molecule has 2 rings (SSSR count). The zero-order chi connectivity index (χ0) is 16.7. The van der Waals surface area contributed by atoms with Crippen LogP contribution in [-0.4, -0.2) is 73.5 Å². The summed E-state index contributed by atoms with van der Waals surface area (Å²) in [6.45, 7) is 1.36. The van der Waals surface area contributed by atoms with Gasteiger partial charge in [-0.3, -0.25) is 9.59 Å². The monoisotopic (exact) mass is 326 g/mol. The first kappa shape index (κ1) is 17.9. The molecule has 2 aliphatic rings. The molecule has 0 radical (unpaired) electrons. The van der Waals surface area contributed by atoms with Crippen LogP contribution in [-0.2, 0) is 19.1 Å². The molecule has 2 heterocycles. The Balaban J connectivity index is 1.87. The molecule has 130 valence electrons. The van der Waals surface area contributed by atoms with Gasteiger partial charge in [-0.15, -0.1) is 0 Å². The maximum atomic E-state index is 12.3. The summed E-state index contributed by atoms with van der Waals surface area (Å²) in [5.41, 5.74) is 0. The Hall–Kier alpha value is -1.44. The van der Waals surface area contributed by atoms with E-state index in [9.17, 15) is 14.7 Å². The highest BCUT2D eigenvalue weighted by Gasteiger charge is 2.30. The second-order valence-electron chi connectivity index (χ2n) is 5.95. The molecule has 7 heteroatoms. The van der Waals surface area contributed by atoms with Crippen LogP contribution >= 0.6 is 0 Å². The average molecular weight is 326 g/mol. The highest BCUT2D eigenvalue weighted by molar-refractivity contribution is 5.78. The van der Waals surface area contributed by atoms with Crippen LogP contribution in [0.5, 0.6) is 0 Å². The third-order valence-corrected chi connectivity index (χ3v) is 4.15. The van der Waals surface area contributed by atoms with Crippen LogP contribution in [0.2, 0.25) is 0 Å². The maximum absolute atomic E-state index is 12.3. The van der Waals surface area contributed by atoms with Crippen molar-refractivity contribution < 1.29 is 24.2 Å². The largest absolute Gasteiger partial charge is 0.394 e. The molecule has 2 aliphatic heterocycles. The number of likely N-dealkylation sites (tertiary alicyclic amines) is 1. The van der Waals surface area contributed by atoms with Gasteiger partial charge in [0, 0.05) is 20.2 Å². The molecule has 0 spiro atoms. The molecular formula is C16H26N2O5. The summed E-state index contributed by atoms with van der Waals surface area (Å²) in [5.74, 6) is -0.190. The van der Waals surface area contributed by atoms with Crippen LogP contribution < -0.4 is 5.32 Å². The number of aliphatic hydroxyl groups is 1. The van der Waals surface area contributed by atoms with Crippen molar-refractivity contribution in [1.82, 2.24) is 10.2 Å². The second kappa shape index (κ2) is 9.00. The van der Waals surface area contributed by atoms with E-state index in [1.165, 1.54) is 13.5 Å². The fraction of sp³-hybridized carbons (Fsp3) is 0.750. The van der Waals surface area contributed by atoms with Crippen LogP contribution in [0.15, 0.2) is 12.2 Å². The Morgan fingerprint density at radius 1 is 1.30 bits per heavy atom. The third-order valence-electron chi connectivity index (χ3n) is 4.15. The van der Waals surface area contributed by atoms with Crippen LogP contribution in [0.1, 0.15) is 25.7 Å². The Labute approximate surface area is 136 Å². The first-order valence-electron chi connectivity index (χ1n) is 8.14. The Morgan fingerprint density at radius 3 is 2.70 bits per heavy atom. The van der Waals surface area contributed by atoms with Crippen molar-refractivity contribution in [2.45, 2.75) is 43.9 Å². The number of ether oxygens (including phenoxy) is 2. The van der Waals surface area contributed by atoms with Gasteiger partial charge in [0.05, 0.1) is 25.2 Å². The van der Waals surface area contributed by atoms with E-state index in [1.807, 2.05) is 4.90 Å². The Morgan fingerprint density at radius 2 is 2.04 bits per heavy atom. The maximum Gasteiger partial charge on any atom is 0.246 e. The molecule has 0 aromatic heterocycles. The Bertz CT molecular complexity index is 434. The van der Waals surface area contributed by atoms with E-state index in [4.69, 9.17) is 9.47 Å². The normalized spacial score (nSPS) is 27.7. The molecule has 2 N–H and O–H groups in total. The molecule has 1 saturated heterocycles. The van der Waals surface area contributed by atoms with Gasteiger partial charge in [0.2, 0.25) is 11.8 Å². The highest BCUT2D eigenvalue weighted by Crippen LogP contribution is 2.18. The SMILES string of the molecule is COCC(=O)N[C@@H]1C=C[C@@H](CC(=O)N2CCCCC2)O[C@@H]1CO. The zero-order valence-electron chi connectivity index (χ0n) is 13.6. The third kappa shape index (κ3) is 5.30. The van der Waals surface area contributed by atoms with Gasteiger partial charge in [-0.1, -0.05) is 12.2 Å². The number of nitrogens with zero attached hydrogens (tertiary/aromatic N) is 1. The molecule has 0 aromatic rings. The molecule has 1 fully saturated rings. The number of hydrogen-bond donors (Lipinski definition) is 2. The number of carbonyl (C=O) groups excluding carboxylic acids is 2. The summed E-state index contributed by atoms with van der Waals surface area (Å²) in [6, 6.07) is -0.413. The van der Waals surface area contributed by atoms with E-state index in [1.54, 1.807) is 12.2 Å². The molecule has 0 aromatic carbocycles. The minimum absolute atomic E-state index is 0.0423. The van der Waals surface area contributed by atoms with Gasteiger partial charge in [0.15, 0.2) is 0 Å². The van der Waals surface area contributed by atoms with E-state index in [-0.39, 0.29) is 37.6 Å². The number of amides is 2. The van der Waals surface area contributed by atoms with E-state index < -0.39 is 12.1 Å². The standard InChI is InChI=1S/C16H26N2O5/c1-22-11-15(20)17-13-6-5-12(23-14(13)10-19)9-16(21)18-7-3-2-4-8-18/h5-6,12-14,19H,2-4,7-11H2,1H3,(H,17,20)/t12-,13+,14+/m0/s1. The minimum Gasteiger partial charge on any atom is -0.394 e. The number of nitrogens with one attached hydrogen (secondary N) is 1. The lowest BCUT2D eigenvalue weighted by Gasteiger charge is -2.33. The molecule has 0 saturated carbocycles. The predicted molar refractivity (Wildman–Crippen MR) is 83.7 cm³/mol. The fourth-order valence-corrected chi connectivity index (χ4v) is 2.94. The predicted octanol–water partition coefficient (Wildman–Crippen LogP) is -0.164. The summed E-state index contributed by atoms with van der Waals surface area (Å²) in [7, 11) is 1.44. The van der Waals surface area contributed by atoms with E-state index in [0.717, 1.165) is 25.9 Å². The van der Waals surface area contributed by atoms with E-state index in [2.05, 4.69) is 5.32 Å². The summed E-state index contributed by atoms with van der Waals surface area (Å²) in [5, 5.41) is 12.2. The van der Waals surface area contributed by atoms with Crippen LogP contribution in [0.3, 0.4) is 0 Å². The highest BCUT2D eigenvalue weighted by atomic mass is 16.5. The lowest BCUT2D eigenvalue weighted by Crippen LogP contribution is -2.50. The first-order valence-corrected chi connectivity index (χ1v) is 8.14. The first-order chi connectivity index (χ1) is 11.1. The van der Waals surface area contributed by atoms with Gasteiger partial charge in [0.25, 0.3) is 0 Å². The fourth-order valence-electron chi connectivity index (χ4n) is 2.94. The summed E-state index contributed by atoms with van der Waals surface area (Å²) in [4.78, 5) is 25.7. The van der Waals surface area contributed by atoms with Crippen molar-refractivity contribution in [2.75, 3.05) is 33.4 Å². The topological polar surface area (TPSA) is 88.1 Å². The Kier molecular flexibility index (Phi) is 7.01. The van der Waals surface area contributed by atoms with Crippen LogP contribution in [0.25, 0.3) is 0 Å². The van der Waals surface area contributed by atoms with Gasteiger partial charge in [-0.05, 0) is 19.3 Å². The van der Waals surface area contributed by atoms with Crippen molar-refractivity contribution in [3.8, 4) is 0 Å². The second-order valence-corrected chi connectivity index (χ2v) is 5.95. The molecule has 0 aliphatic carbocycles. The molecule has 23 heavy (non-hydrogen) atoms. The lowest BCUT2D eigenvalue weighted by atomic mass is 10.0. The van der Waals surface area contributed by atoms with Crippen molar-refractivity contribution in [2.24, 2.45) is 0 Å². The average Bonchev–Trinajstić information content (AvgIpc) is 2.57. The smallest absolute Gasteiger partial charge is 0.246 e. The van der Waals surface area contributed by atoms with Crippen LogP contribution in [0, 0.1) is 0 Å². The van der Waals surface area contributed by atoms with Crippen molar-refractivity contribution >= 4 is 11.8 Å². The number of aliphatic hydroxyl groups excluding tert-OH is 1. The van der Waals surface area contributed by atoms with Crippen LogP contribution in [0.4, 0.5) is 0 Å². The molecule has 2 amide bonds. The summed E-state index contributed by atoms with van der Waals surface area (Å²) in [6.07, 6.45) is 6.21. The van der Waals surface area contributed by atoms with E-state index >= 15 is 0 Å². The quantitative estimate of drug-likeness (QED) is 0.662. The van der Waals surface area contributed by atoms with Crippen molar-refractivity contribution in [3.05, 3.63) is 12.2 Å². The lowest BCUT2D eigenvalue weighted by molar-refractivity contribution is -0.137. The molecular weight excluding hydrogens is 300 g/mol.